The average Bonchev–Trinajstić information content (AvgIpc) is 2.79. The number of rotatable bonds is 18. The summed E-state index contributed by atoms with van der Waals surface area (Å²) in [5, 5.41) is 0. The summed E-state index contributed by atoms with van der Waals surface area (Å²) in [6.45, 7) is 1.64. The summed E-state index contributed by atoms with van der Waals surface area (Å²) >= 11 is 0. The fourth-order valence-corrected chi connectivity index (χ4v) is 3.60. The van der Waals surface area contributed by atoms with Gasteiger partial charge in [-0.2, -0.15) is 13.2 Å². The highest BCUT2D eigenvalue weighted by Gasteiger charge is 2.34. The lowest BCUT2D eigenvalue weighted by Gasteiger charge is -2.13. The number of ether oxygens (including phenoxy) is 2. The zero-order valence-electron chi connectivity index (χ0n) is 20.2. The van der Waals surface area contributed by atoms with Crippen molar-refractivity contribution in [3.63, 3.8) is 0 Å². The molecule has 0 aliphatic rings. The van der Waals surface area contributed by atoms with Gasteiger partial charge in [-0.1, -0.05) is 83.6 Å². The molecule has 0 unspecified atom stereocenters. The molecule has 34 heavy (non-hydrogen) atoms. The van der Waals surface area contributed by atoms with Crippen LogP contribution in [-0.4, -0.2) is 18.5 Å². The van der Waals surface area contributed by atoms with Gasteiger partial charge in [-0.15, -0.1) is 0 Å². The maximum atomic E-state index is 13.7. The Kier molecular flexibility index (Phi) is 15.3. The van der Waals surface area contributed by atoms with Crippen LogP contribution >= 0.6 is 0 Å². The van der Waals surface area contributed by atoms with Crippen LogP contribution in [-0.2, 0) is 31.8 Å². The van der Waals surface area contributed by atoms with Gasteiger partial charge in [0.15, 0.2) is 0 Å². The van der Waals surface area contributed by atoms with E-state index in [1.54, 1.807) is 0 Å². The SMILES string of the molecule is CCCCCCCCCCCCCCOC(=O)CCC(=O)OCc1c(F)cccc1C(F)(F)F. The van der Waals surface area contributed by atoms with Crippen molar-refractivity contribution in [1.29, 1.82) is 0 Å². The smallest absolute Gasteiger partial charge is 0.416 e. The van der Waals surface area contributed by atoms with Crippen molar-refractivity contribution in [2.45, 2.75) is 110 Å². The summed E-state index contributed by atoms with van der Waals surface area (Å²) in [6.07, 6.45) is 9.04. The van der Waals surface area contributed by atoms with Gasteiger partial charge < -0.3 is 9.47 Å². The first-order valence-corrected chi connectivity index (χ1v) is 12.4. The fraction of sp³-hybridized carbons (Fsp3) is 0.692. The summed E-state index contributed by atoms with van der Waals surface area (Å²) in [5.41, 5.74) is -1.93. The molecule has 0 radical (unpaired) electrons. The number of hydrogen-bond acceptors (Lipinski definition) is 4. The minimum atomic E-state index is -4.76. The van der Waals surface area contributed by atoms with Gasteiger partial charge in [0, 0.05) is 5.56 Å². The normalized spacial score (nSPS) is 11.4. The van der Waals surface area contributed by atoms with Gasteiger partial charge in [0.25, 0.3) is 0 Å². The van der Waals surface area contributed by atoms with Crippen molar-refractivity contribution in [2.75, 3.05) is 6.61 Å². The first kappa shape index (κ1) is 29.9. The van der Waals surface area contributed by atoms with Gasteiger partial charge in [-0.3, -0.25) is 9.59 Å². The number of esters is 2. The summed E-state index contributed by atoms with van der Waals surface area (Å²) in [6, 6.07) is 2.53. The van der Waals surface area contributed by atoms with Gasteiger partial charge in [0.2, 0.25) is 0 Å². The third-order valence-corrected chi connectivity index (χ3v) is 5.60. The molecular formula is C26H38F4O4. The molecule has 0 saturated heterocycles. The molecule has 0 bridgehead atoms. The van der Waals surface area contributed by atoms with Crippen LogP contribution < -0.4 is 0 Å². The zero-order chi connectivity index (χ0) is 25.2. The molecule has 8 heteroatoms. The maximum absolute atomic E-state index is 13.7. The predicted octanol–water partition coefficient (Wildman–Crippen LogP) is 7.91. The van der Waals surface area contributed by atoms with E-state index in [2.05, 4.69) is 6.92 Å². The van der Waals surface area contributed by atoms with E-state index in [1.807, 2.05) is 0 Å². The molecule has 0 aromatic heterocycles. The van der Waals surface area contributed by atoms with Crippen LogP contribution in [0.15, 0.2) is 18.2 Å². The molecule has 0 fully saturated rings. The van der Waals surface area contributed by atoms with E-state index < -0.39 is 41.7 Å². The molecule has 0 aliphatic heterocycles. The van der Waals surface area contributed by atoms with Crippen molar-refractivity contribution in [3.8, 4) is 0 Å². The molecule has 1 aromatic rings. The van der Waals surface area contributed by atoms with Crippen LogP contribution in [0.25, 0.3) is 0 Å². The number of alkyl halides is 3. The Morgan fingerprint density at radius 2 is 1.26 bits per heavy atom. The monoisotopic (exact) mass is 490 g/mol. The summed E-state index contributed by atoms with van der Waals surface area (Å²) in [4.78, 5) is 23.5. The third-order valence-electron chi connectivity index (χ3n) is 5.60. The molecule has 0 saturated carbocycles. The molecule has 4 nitrogen and oxygen atoms in total. The van der Waals surface area contributed by atoms with Gasteiger partial charge in [-0.05, 0) is 18.6 Å². The Labute approximate surface area is 200 Å². The first-order valence-electron chi connectivity index (χ1n) is 12.4. The standard InChI is InChI=1S/C26H38F4O4/c1-2-3-4-5-6-7-8-9-10-11-12-13-19-33-24(31)17-18-25(32)34-20-21-22(26(28,29)30)15-14-16-23(21)27/h14-16H,2-13,17-20H2,1H3. The Hall–Kier alpha value is -2.12. The van der Waals surface area contributed by atoms with E-state index in [0.29, 0.717) is 0 Å². The molecule has 0 aliphatic carbocycles. The van der Waals surface area contributed by atoms with Crippen molar-refractivity contribution >= 4 is 11.9 Å². The summed E-state index contributed by atoms with van der Waals surface area (Å²) < 4.78 is 62.4. The molecule has 0 amide bonds. The van der Waals surface area contributed by atoms with Gasteiger partial charge in [0.1, 0.15) is 12.4 Å². The number of carbonyl (C=O) groups is 2. The Balaban J connectivity index is 2.07. The van der Waals surface area contributed by atoms with Crippen LogP contribution in [0.3, 0.4) is 0 Å². The highest BCUT2D eigenvalue weighted by Crippen LogP contribution is 2.33. The van der Waals surface area contributed by atoms with Crippen LogP contribution in [0.1, 0.15) is 108 Å². The Morgan fingerprint density at radius 1 is 0.765 bits per heavy atom. The first-order chi connectivity index (χ1) is 16.3. The van der Waals surface area contributed by atoms with E-state index in [1.165, 1.54) is 57.8 Å². The van der Waals surface area contributed by atoms with E-state index in [0.717, 1.165) is 37.5 Å². The topological polar surface area (TPSA) is 52.6 Å². The van der Waals surface area contributed by atoms with E-state index in [-0.39, 0.29) is 19.4 Å². The second-order valence-corrected chi connectivity index (χ2v) is 8.53. The number of carbonyl (C=O) groups excluding carboxylic acids is 2. The largest absolute Gasteiger partial charge is 0.466 e. The minimum Gasteiger partial charge on any atom is -0.466 e. The molecule has 0 spiro atoms. The lowest BCUT2D eigenvalue weighted by atomic mass is 10.1. The Bertz CT molecular complexity index is 719. The Morgan fingerprint density at radius 3 is 1.79 bits per heavy atom. The van der Waals surface area contributed by atoms with Crippen LogP contribution in [0.2, 0.25) is 0 Å². The van der Waals surface area contributed by atoms with Crippen LogP contribution in [0, 0.1) is 5.82 Å². The minimum absolute atomic E-state index is 0.236. The van der Waals surface area contributed by atoms with Gasteiger partial charge in [0.05, 0.1) is 25.0 Å². The molecule has 194 valence electrons. The zero-order valence-corrected chi connectivity index (χ0v) is 20.2. The average molecular weight is 491 g/mol. The highest BCUT2D eigenvalue weighted by molar-refractivity contribution is 5.77. The number of hydrogen-bond donors (Lipinski definition) is 0. The molecular weight excluding hydrogens is 452 g/mol. The van der Waals surface area contributed by atoms with E-state index in [4.69, 9.17) is 9.47 Å². The molecule has 1 rings (SSSR count). The molecule has 0 atom stereocenters. The van der Waals surface area contributed by atoms with E-state index in [9.17, 15) is 27.2 Å². The number of unbranched alkanes of at least 4 members (excludes halogenated alkanes) is 11. The van der Waals surface area contributed by atoms with Crippen LogP contribution in [0.5, 0.6) is 0 Å². The van der Waals surface area contributed by atoms with Crippen molar-refractivity contribution < 1.29 is 36.6 Å². The quantitative estimate of drug-likeness (QED) is 0.119. The van der Waals surface area contributed by atoms with Crippen molar-refractivity contribution in [1.82, 2.24) is 0 Å². The van der Waals surface area contributed by atoms with Crippen LogP contribution in [0.4, 0.5) is 17.6 Å². The molecule has 1 aromatic carbocycles. The van der Waals surface area contributed by atoms with Crippen molar-refractivity contribution in [2.24, 2.45) is 0 Å². The molecule has 0 N–H and O–H groups in total. The van der Waals surface area contributed by atoms with Gasteiger partial charge in [-0.25, -0.2) is 4.39 Å². The van der Waals surface area contributed by atoms with Crippen molar-refractivity contribution in [3.05, 3.63) is 35.1 Å². The second-order valence-electron chi connectivity index (χ2n) is 8.53. The highest BCUT2D eigenvalue weighted by atomic mass is 19.4. The predicted molar refractivity (Wildman–Crippen MR) is 122 cm³/mol. The summed E-state index contributed by atoms with van der Waals surface area (Å²) in [5.74, 6) is -2.56. The lowest BCUT2D eigenvalue weighted by molar-refractivity contribution is -0.152. The van der Waals surface area contributed by atoms with E-state index >= 15 is 0 Å². The lowest BCUT2D eigenvalue weighted by Crippen LogP contribution is -2.15. The summed E-state index contributed by atoms with van der Waals surface area (Å²) in [7, 11) is 0. The van der Waals surface area contributed by atoms with Gasteiger partial charge >= 0.3 is 18.1 Å². The molecule has 0 heterocycles. The second kappa shape index (κ2) is 17.3. The number of benzene rings is 1. The number of halogens is 4. The fourth-order valence-electron chi connectivity index (χ4n) is 3.60. The third kappa shape index (κ3) is 13.6. The maximum Gasteiger partial charge on any atom is 0.416 e.